The summed E-state index contributed by atoms with van der Waals surface area (Å²) < 4.78 is 0. The number of imide groups is 1. The van der Waals surface area contributed by atoms with Gasteiger partial charge in [0.15, 0.2) is 0 Å². The summed E-state index contributed by atoms with van der Waals surface area (Å²) in [5.74, 6) is -0.760. The summed E-state index contributed by atoms with van der Waals surface area (Å²) in [6, 6.07) is 6.88. The Morgan fingerprint density at radius 3 is 2.59 bits per heavy atom. The number of nitrogens with zero attached hydrogens (tertiary/aromatic N) is 1. The topological polar surface area (TPSA) is 90.5 Å². The molecule has 4 amide bonds. The summed E-state index contributed by atoms with van der Waals surface area (Å²) >= 11 is 0. The number of benzene rings is 1. The first-order chi connectivity index (χ1) is 12.4. The molecule has 1 aromatic carbocycles. The fraction of sp³-hybridized carbons (Fsp3) is 0.421. The largest absolute Gasteiger partial charge is 0.351 e. The molecule has 2 heterocycles. The standard InChI is InChI=1S/C19H24N4O3.ClH/c1-13-3-5-15(6-4-13)19(2)17(25)23(18(26)22-19)12-16(24)21-11-14-7-9-20-10-8-14;/h3-7,20H,8-12H2,1-2H3,(H,21,24)(H,22,26);1H. The highest BCUT2D eigenvalue weighted by atomic mass is 35.5. The molecule has 3 rings (SSSR count). The van der Waals surface area contributed by atoms with E-state index in [0.29, 0.717) is 12.1 Å². The Morgan fingerprint density at radius 2 is 1.96 bits per heavy atom. The van der Waals surface area contributed by atoms with Crippen LogP contribution in [0.4, 0.5) is 4.79 Å². The van der Waals surface area contributed by atoms with E-state index in [9.17, 15) is 14.4 Å². The maximum absolute atomic E-state index is 12.8. The van der Waals surface area contributed by atoms with E-state index in [4.69, 9.17) is 0 Å². The summed E-state index contributed by atoms with van der Waals surface area (Å²) in [4.78, 5) is 38.3. The summed E-state index contributed by atoms with van der Waals surface area (Å²) in [6.45, 7) is 5.47. The van der Waals surface area contributed by atoms with Gasteiger partial charge in [-0.1, -0.05) is 41.5 Å². The molecule has 0 aromatic heterocycles. The number of urea groups is 1. The quantitative estimate of drug-likeness (QED) is 0.519. The molecule has 2 aliphatic rings. The minimum atomic E-state index is -1.15. The van der Waals surface area contributed by atoms with E-state index in [1.165, 1.54) is 0 Å². The zero-order chi connectivity index (χ0) is 18.7. The van der Waals surface area contributed by atoms with E-state index in [0.717, 1.165) is 35.5 Å². The highest BCUT2D eigenvalue weighted by molar-refractivity contribution is 6.09. The van der Waals surface area contributed by atoms with Crippen molar-refractivity contribution in [2.45, 2.75) is 25.8 Å². The van der Waals surface area contributed by atoms with E-state index in [1.807, 2.05) is 37.3 Å². The number of hydrogen-bond donors (Lipinski definition) is 3. The van der Waals surface area contributed by atoms with Crippen molar-refractivity contribution >= 4 is 30.3 Å². The molecule has 0 bridgehead atoms. The molecule has 0 spiro atoms. The fourth-order valence-corrected chi connectivity index (χ4v) is 3.16. The Bertz CT molecular complexity index is 763. The molecular formula is C19H25ClN4O3. The summed E-state index contributed by atoms with van der Waals surface area (Å²) in [7, 11) is 0. The van der Waals surface area contributed by atoms with Crippen LogP contribution in [0.3, 0.4) is 0 Å². The molecule has 27 heavy (non-hydrogen) atoms. The van der Waals surface area contributed by atoms with Crippen LogP contribution in [-0.2, 0) is 15.1 Å². The van der Waals surface area contributed by atoms with Gasteiger partial charge < -0.3 is 16.0 Å². The third-order valence-corrected chi connectivity index (χ3v) is 4.88. The van der Waals surface area contributed by atoms with Gasteiger partial charge in [0.05, 0.1) is 0 Å². The highest BCUT2D eigenvalue weighted by Crippen LogP contribution is 2.28. The van der Waals surface area contributed by atoms with Crippen molar-refractivity contribution in [3.63, 3.8) is 0 Å². The first-order valence-electron chi connectivity index (χ1n) is 8.77. The van der Waals surface area contributed by atoms with E-state index in [1.54, 1.807) is 6.92 Å². The lowest BCUT2D eigenvalue weighted by atomic mass is 9.91. The van der Waals surface area contributed by atoms with Crippen molar-refractivity contribution in [1.29, 1.82) is 0 Å². The molecule has 1 aromatic rings. The fourth-order valence-electron chi connectivity index (χ4n) is 3.16. The van der Waals surface area contributed by atoms with Crippen molar-refractivity contribution < 1.29 is 14.4 Å². The lowest BCUT2D eigenvalue weighted by Gasteiger charge is -2.22. The van der Waals surface area contributed by atoms with Crippen LogP contribution < -0.4 is 16.0 Å². The number of aryl methyl sites for hydroxylation is 1. The smallest absolute Gasteiger partial charge is 0.325 e. The van der Waals surface area contributed by atoms with Gasteiger partial charge in [-0.3, -0.25) is 14.5 Å². The van der Waals surface area contributed by atoms with Crippen LogP contribution in [0.2, 0.25) is 0 Å². The molecule has 1 unspecified atom stereocenters. The lowest BCUT2D eigenvalue weighted by molar-refractivity contribution is -0.134. The molecule has 0 saturated carbocycles. The molecule has 7 nitrogen and oxygen atoms in total. The van der Waals surface area contributed by atoms with Crippen molar-refractivity contribution in [2.24, 2.45) is 0 Å². The molecule has 0 aliphatic carbocycles. The van der Waals surface area contributed by atoms with Gasteiger partial charge in [-0.05, 0) is 32.4 Å². The first kappa shape index (κ1) is 20.9. The van der Waals surface area contributed by atoms with Crippen LogP contribution in [0.15, 0.2) is 35.9 Å². The molecular weight excluding hydrogens is 368 g/mol. The van der Waals surface area contributed by atoms with Gasteiger partial charge >= 0.3 is 6.03 Å². The first-order valence-corrected chi connectivity index (χ1v) is 8.77. The van der Waals surface area contributed by atoms with Gasteiger partial charge in [-0.2, -0.15) is 0 Å². The maximum Gasteiger partial charge on any atom is 0.325 e. The summed E-state index contributed by atoms with van der Waals surface area (Å²) in [6.07, 6.45) is 2.93. The van der Waals surface area contributed by atoms with Crippen molar-refractivity contribution in [3.05, 3.63) is 47.0 Å². The van der Waals surface area contributed by atoms with Gasteiger partial charge in [0.1, 0.15) is 12.1 Å². The van der Waals surface area contributed by atoms with E-state index in [-0.39, 0.29) is 24.9 Å². The van der Waals surface area contributed by atoms with E-state index < -0.39 is 17.5 Å². The van der Waals surface area contributed by atoms with Gasteiger partial charge in [0.25, 0.3) is 5.91 Å². The second-order valence-electron chi connectivity index (χ2n) is 6.91. The molecule has 1 atom stereocenters. The second-order valence-corrected chi connectivity index (χ2v) is 6.91. The average Bonchev–Trinajstić information content (AvgIpc) is 2.85. The minimum absolute atomic E-state index is 0. The van der Waals surface area contributed by atoms with Gasteiger partial charge in [-0.25, -0.2) is 4.79 Å². The minimum Gasteiger partial charge on any atom is -0.351 e. The molecule has 8 heteroatoms. The molecule has 1 saturated heterocycles. The third-order valence-electron chi connectivity index (χ3n) is 4.88. The molecule has 3 N–H and O–H groups in total. The van der Waals surface area contributed by atoms with Gasteiger partial charge in [0.2, 0.25) is 5.91 Å². The van der Waals surface area contributed by atoms with Crippen molar-refractivity contribution in [3.8, 4) is 0 Å². The normalized spacial score (nSPS) is 22.0. The maximum atomic E-state index is 12.8. The Labute approximate surface area is 165 Å². The summed E-state index contributed by atoms with van der Waals surface area (Å²) in [5, 5.41) is 8.71. The number of carbonyl (C=O) groups is 3. The van der Waals surface area contributed by atoms with E-state index in [2.05, 4.69) is 16.0 Å². The number of nitrogens with one attached hydrogen (secondary N) is 3. The predicted octanol–water partition coefficient (Wildman–Crippen LogP) is 1.22. The Hall–Kier alpha value is -2.38. The van der Waals surface area contributed by atoms with Crippen LogP contribution in [0.25, 0.3) is 0 Å². The zero-order valence-corrected chi connectivity index (χ0v) is 16.3. The van der Waals surface area contributed by atoms with Crippen LogP contribution in [0.1, 0.15) is 24.5 Å². The monoisotopic (exact) mass is 392 g/mol. The van der Waals surface area contributed by atoms with Crippen LogP contribution in [0.5, 0.6) is 0 Å². The molecule has 2 aliphatic heterocycles. The number of hydrogen-bond acceptors (Lipinski definition) is 4. The lowest BCUT2D eigenvalue weighted by Crippen LogP contribution is -2.43. The SMILES string of the molecule is Cc1ccc(C2(C)NC(=O)N(CC(=O)NCC3=CCNCC3)C2=O)cc1.Cl. The van der Waals surface area contributed by atoms with Crippen molar-refractivity contribution in [1.82, 2.24) is 20.9 Å². The van der Waals surface area contributed by atoms with Crippen LogP contribution >= 0.6 is 12.4 Å². The number of halogens is 1. The van der Waals surface area contributed by atoms with E-state index >= 15 is 0 Å². The molecule has 0 radical (unpaired) electrons. The molecule has 146 valence electrons. The third kappa shape index (κ3) is 4.48. The van der Waals surface area contributed by atoms with Gasteiger partial charge in [-0.15, -0.1) is 12.4 Å². The number of amides is 4. The summed E-state index contributed by atoms with van der Waals surface area (Å²) in [5.41, 5.74) is 1.77. The second kappa shape index (κ2) is 8.54. The van der Waals surface area contributed by atoms with Crippen LogP contribution in [-0.4, -0.2) is 48.9 Å². The Kier molecular flexibility index (Phi) is 6.62. The Morgan fingerprint density at radius 1 is 1.26 bits per heavy atom. The zero-order valence-electron chi connectivity index (χ0n) is 15.5. The van der Waals surface area contributed by atoms with Gasteiger partial charge in [0, 0.05) is 13.1 Å². The highest BCUT2D eigenvalue weighted by Gasteiger charge is 2.49. The Balaban J connectivity index is 0.00000261. The van der Waals surface area contributed by atoms with Crippen molar-refractivity contribution in [2.75, 3.05) is 26.2 Å². The number of carbonyl (C=O) groups excluding carboxylic acids is 3. The predicted molar refractivity (Wildman–Crippen MR) is 105 cm³/mol. The van der Waals surface area contributed by atoms with Crippen LogP contribution in [0, 0.1) is 6.92 Å². The number of rotatable bonds is 5. The average molecular weight is 393 g/mol. The molecule has 1 fully saturated rings.